The van der Waals surface area contributed by atoms with Crippen LogP contribution in [0.3, 0.4) is 0 Å². The van der Waals surface area contributed by atoms with Gasteiger partial charge in [-0.15, -0.1) is 0 Å². The largest absolute Gasteiger partial charge is 0.396 e. The van der Waals surface area contributed by atoms with Crippen LogP contribution in [0.25, 0.3) is 0 Å². The lowest BCUT2D eigenvalue weighted by molar-refractivity contribution is 0.0873. The Morgan fingerprint density at radius 3 is 2.84 bits per heavy atom. The summed E-state index contributed by atoms with van der Waals surface area (Å²) in [6, 6.07) is 5.26. The Hall–Kier alpha value is -0.580. The first-order valence-electron chi connectivity index (χ1n) is 6.48. The van der Waals surface area contributed by atoms with Gasteiger partial charge in [-0.3, -0.25) is 4.79 Å². The molecular formula is C14H17BrClNO2. The van der Waals surface area contributed by atoms with Crippen molar-refractivity contribution in [3.63, 3.8) is 0 Å². The first kappa shape index (κ1) is 14.8. The van der Waals surface area contributed by atoms with Crippen LogP contribution in [0.1, 0.15) is 36.0 Å². The molecule has 104 valence electrons. The van der Waals surface area contributed by atoms with Crippen LogP contribution in [-0.4, -0.2) is 23.7 Å². The predicted molar refractivity (Wildman–Crippen MR) is 79.5 cm³/mol. The van der Waals surface area contributed by atoms with Crippen LogP contribution in [0.2, 0.25) is 5.02 Å². The fraction of sp³-hybridized carbons (Fsp3) is 0.500. The number of aliphatic hydroxyl groups excluding tert-OH is 1. The summed E-state index contributed by atoms with van der Waals surface area (Å²) >= 11 is 9.39. The van der Waals surface area contributed by atoms with Crippen molar-refractivity contribution in [3.8, 4) is 0 Å². The van der Waals surface area contributed by atoms with Gasteiger partial charge < -0.3 is 10.4 Å². The van der Waals surface area contributed by atoms with E-state index < -0.39 is 0 Å². The second-order valence-electron chi connectivity index (χ2n) is 4.93. The van der Waals surface area contributed by atoms with E-state index in [1.807, 2.05) is 0 Å². The lowest BCUT2D eigenvalue weighted by Gasteiger charge is -2.30. The summed E-state index contributed by atoms with van der Waals surface area (Å²) < 4.78 is 0.847. The summed E-state index contributed by atoms with van der Waals surface area (Å²) in [5, 5.41) is 12.8. The normalized spacial score (nSPS) is 23.1. The van der Waals surface area contributed by atoms with Gasteiger partial charge in [-0.05, 0) is 31.0 Å². The van der Waals surface area contributed by atoms with Gasteiger partial charge in [0.2, 0.25) is 0 Å². The molecule has 0 heterocycles. The van der Waals surface area contributed by atoms with Crippen molar-refractivity contribution >= 4 is 33.4 Å². The number of hydrogen-bond acceptors (Lipinski definition) is 2. The molecule has 1 saturated carbocycles. The lowest BCUT2D eigenvalue weighted by atomic mass is 9.85. The van der Waals surface area contributed by atoms with E-state index in [2.05, 4.69) is 21.2 Å². The Bertz CT molecular complexity index is 467. The molecule has 1 aliphatic rings. The molecule has 0 radical (unpaired) electrons. The summed E-state index contributed by atoms with van der Waals surface area (Å²) in [5.74, 6) is -0.00484. The van der Waals surface area contributed by atoms with Gasteiger partial charge in [-0.1, -0.05) is 40.4 Å². The Balaban J connectivity index is 2.07. The molecule has 0 aliphatic heterocycles. The highest BCUT2D eigenvalue weighted by molar-refractivity contribution is 9.10. The number of carbonyl (C=O) groups excluding carboxylic acids is 1. The average Bonchev–Trinajstić information content (AvgIpc) is 2.39. The molecular weight excluding hydrogens is 330 g/mol. The fourth-order valence-corrected chi connectivity index (χ4v) is 3.30. The van der Waals surface area contributed by atoms with Crippen molar-refractivity contribution in [3.05, 3.63) is 33.3 Å². The minimum atomic E-state index is -0.164. The van der Waals surface area contributed by atoms with Crippen molar-refractivity contribution in [1.29, 1.82) is 0 Å². The van der Waals surface area contributed by atoms with Gasteiger partial charge in [0.15, 0.2) is 0 Å². The second kappa shape index (κ2) is 6.73. The third-order valence-corrected chi connectivity index (χ3v) is 4.44. The van der Waals surface area contributed by atoms with Gasteiger partial charge in [-0.2, -0.15) is 0 Å². The maximum Gasteiger partial charge on any atom is 0.253 e. The molecule has 1 aromatic carbocycles. The number of amides is 1. The van der Waals surface area contributed by atoms with Crippen molar-refractivity contribution in [2.45, 2.75) is 31.7 Å². The highest BCUT2D eigenvalue weighted by Gasteiger charge is 2.26. The predicted octanol–water partition coefficient (Wildman–Crippen LogP) is 3.38. The van der Waals surface area contributed by atoms with Crippen molar-refractivity contribution < 1.29 is 9.90 Å². The molecule has 1 aromatic rings. The Morgan fingerprint density at radius 2 is 2.16 bits per heavy atom. The number of nitrogens with one attached hydrogen (secondary N) is 1. The van der Waals surface area contributed by atoms with Gasteiger partial charge in [0, 0.05) is 23.0 Å². The zero-order chi connectivity index (χ0) is 13.8. The molecule has 0 saturated heterocycles. The highest BCUT2D eigenvalue weighted by atomic mass is 79.9. The van der Waals surface area contributed by atoms with E-state index in [0.29, 0.717) is 10.6 Å². The van der Waals surface area contributed by atoms with E-state index >= 15 is 0 Å². The molecule has 1 amide bonds. The Kier molecular flexibility index (Phi) is 5.25. The molecule has 1 aliphatic carbocycles. The first-order chi connectivity index (χ1) is 9.11. The molecule has 5 heteroatoms. The van der Waals surface area contributed by atoms with Gasteiger partial charge in [-0.25, -0.2) is 0 Å². The molecule has 0 bridgehead atoms. The zero-order valence-corrected chi connectivity index (χ0v) is 12.9. The average molecular weight is 347 g/mol. The van der Waals surface area contributed by atoms with Gasteiger partial charge in [0.05, 0.1) is 10.6 Å². The number of hydrogen-bond donors (Lipinski definition) is 2. The summed E-state index contributed by atoms with van der Waals surface area (Å²) in [4.78, 5) is 12.2. The SMILES string of the molecule is O=C(NC1CCCCC1CO)c1ccc(Br)cc1Cl. The topological polar surface area (TPSA) is 49.3 Å². The maximum absolute atomic E-state index is 12.2. The third-order valence-electron chi connectivity index (χ3n) is 3.64. The quantitative estimate of drug-likeness (QED) is 0.881. The fourth-order valence-electron chi connectivity index (χ4n) is 2.54. The lowest BCUT2D eigenvalue weighted by Crippen LogP contribution is -2.43. The van der Waals surface area contributed by atoms with Crippen LogP contribution >= 0.6 is 27.5 Å². The molecule has 0 aromatic heterocycles. The third kappa shape index (κ3) is 3.71. The molecule has 2 N–H and O–H groups in total. The molecule has 2 rings (SSSR count). The molecule has 2 unspecified atom stereocenters. The van der Waals surface area contributed by atoms with Crippen LogP contribution in [0.5, 0.6) is 0 Å². The number of halogens is 2. The number of aliphatic hydroxyl groups is 1. The second-order valence-corrected chi connectivity index (χ2v) is 6.25. The summed E-state index contributed by atoms with van der Waals surface area (Å²) in [6.45, 7) is 0.124. The van der Waals surface area contributed by atoms with Crippen molar-refractivity contribution in [2.75, 3.05) is 6.61 Å². The van der Waals surface area contributed by atoms with E-state index in [-0.39, 0.29) is 24.5 Å². The smallest absolute Gasteiger partial charge is 0.253 e. The van der Waals surface area contributed by atoms with E-state index in [9.17, 15) is 9.90 Å². The van der Waals surface area contributed by atoms with E-state index in [4.69, 9.17) is 11.6 Å². The summed E-state index contributed by atoms with van der Waals surface area (Å²) in [7, 11) is 0. The van der Waals surface area contributed by atoms with Gasteiger partial charge in [0.25, 0.3) is 5.91 Å². The number of carbonyl (C=O) groups is 1. The molecule has 1 fully saturated rings. The molecule has 3 nitrogen and oxygen atoms in total. The van der Waals surface area contributed by atoms with Gasteiger partial charge >= 0.3 is 0 Å². The summed E-state index contributed by atoms with van der Waals surface area (Å²) in [6.07, 6.45) is 4.10. The minimum absolute atomic E-state index is 0.0472. The Labute approximate surface area is 126 Å². The Morgan fingerprint density at radius 1 is 1.42 bits per heavy atom. The van der Waals surface area contributed by atoms with E-state index in [1.54, 1.807) is 18.2 Å². The monoisotopic (exact) mass is 345 g/mol. The standard InChI is InChI=1S/C14H17BrClNO2/c15-10-5-6-11(12(16)7-10)14(19)17-13-4-2-1-3-9(13)8-18/h5-7,9,13,18H,1-4,8H2,(H,17,19). The zero-order valence-electron chi connectivity index (χ0n) is 10.5. The van der Waals surface area contributed by atoms with E-state index in [0.717, 1.165) is 30.2 Å². The highest BCUT2D eigenvalue weighted by Crippen LogP contribution is 2.26. The van der Waals surface area contributed by atoms with Crippen molar-refractivity contribution in [1.82, 2.24) is 5.32 Å². The van der Waals surface area contributed by atoms with Crippen LogP contribution in [0.4, 0.5) is 0 Å². The molecule has 0 spiro atoms. The van der Waals surface area contributed by atoms with Crippen LogP contribution in [0, 0.1) is 5.92 Å². The minimum Gasteiger partial charge on any atom is -0.396 e. The maximum atomic E-state index is 12.2. The van der Waals surface area contributed by atoms with E-state index in [1.165, 1.54) is 0 Å². The van der Waals surface area contributed by atoms with Crippen molar-refractivity contribution in [2.24, 2.45) is 5.92 Å². The van der Waals surface area contributed by atoms with Crippen LogP contribution < -0.4 is 5.32 Å². The van der Waals surface area contributed by atoms with Crippen LogP contribution in [-0.2, 0) is 0 Å². The number of rotatable bonds is 3. The van der Waals surface area contributed by atoms with Gasteiger partial charge in [0.1, 0.15) is 0 Å². The molecule has 19 heavy (non-hydrogen) atoms. The number of benzene rings is 1. The summed E-state index contributed by atoms with van der Waals surface area (Å²) in [5.41, 5.74) is 0.479. The first-order valence-corrected chi connectivity index (χ1v) is 7.65. The van der Waals surface area contributed by atoms with Crippen LogP contribution in [0.15, 0.2) is 22.7 Å². The molecule has 2 atom stereocenters.